The van der Waals surface area contributed by atoms with Gasteiger partial charge in [0.2, 0.25) is 0 Å². The number of benzene rings is 1. The summed E-state index contributed by atoms with van der Waals surface area (Å²) in [4.78, 5) is 11.0. The molecule has 2 aromatic rings. The summed E-state index contributed by atoms with van der Waals surface area (Å²) in [6.45, 7) is 0. The van der Waals surface area contributed by atoms with E-state index in [0.717, 1.165) is 0 Å². The van der Waals surface area contributed by atoms with Crippen LogP contribution in [0.1, 0.15) is 0 Å². The van der Waals surface area contributed by atoms with Crippen molar-refractivity contribution in [1.82, 2.24) is 0 Å². The van der Waals surface area contributed by atoms with Crippen LogP contribution in [-0.4, -0.2) is 5.11 Å². The van der Waals surface area contributed by atoms with Gasteiger partial charge in [-0.3, -0.25) is 0 Å². The third kappa shape index (κ3) is 1.17. The van der Waals surface area contributed by atoms with Gasteiger partial charge in [0.1, 0.15) is 5.58 Å². The second-order valence-electron chi connectivity index (χ2n) is 2.55. The molecule has 0 aliphatic carbocycles. The molecule has 0 aliphatic rings. The van der Waals surface area contributed by atoms with Crippen molar-refractivity contribution in [1.29, 1.82) is 0 Å². The molecule has 0 unspecified atom stereocenters. The molecule has 2 rings (SSSR count). The van der Waals surface area contributed by atoms with Gasteiger partial charge in [-0.15, -0.1) is 0 Å². The molecule has 4 heteroatoms. The third-order valence-electron chi connectivity index (χ3n) is 1.73. The third-order valence-corrected chi connectivity index (χ3v) is 2.07. The first-order chi connectivity index (χ1) is 6.20. The first-order valence-electron chi connectivity index (χ1n) is 3.60. The van der Waals surface area contributed by atoms with Gasteiger partial charge in [0.15, 0.2) is 10.8 Å². The predicted molar refractivity (Wildman–Crippen MR) is 49.2 cm³/mol. The van der Waals surface area contributed by atoms with Crippen molar-refractivity contribution in [2.24, 2.45) is 0 Å². The molecule has 0 radical (unpaired) electrons. The smallest absolute Gasteiger partial charge is 0.359 e. The number of hydrogen-bond acceptors (Lipinski definition) is 3. The SMILES string of the molecule is O=c1oc2ccccc2c(O)c1Cl. The molecule has 0 aliphatic heterocycles. The number of hydrogen-bond donors (Lipinski definition) is 1. The maximum atomic E-state index is 11.0. The van der Waals surface area contributed by atoms with Crippen LogP contribution in [0.25, 0.3) is 11.0 Å². The fraction of sp³-hybridized carbons (Fsp3) is 0. The molecule has 0 atom stereocenters. The van der Waals surface area contributed by atoms with E-state index in [2.05, 4.69) is 0 Å². The minimum Gasteiger partial charge on any atom is -0.505 e. The van der Waals surface area contributed by atoms with Gasteiger partial charge >= 0.3 is 5.63 Å². The fourth-order valence-corrected chi connectivity index (χ4v) is 1.25. The molecular formula is C9H5ClO3. The van der Waals surface area contributed by atoms with Crippen LogP contribution in [-0.2, 0) is 0 Å². The van der Waals surface area contributed by atoms with Crippen LogP contribution >= 0.6 is 11.6 Å². The molecule has 0 spiro atoms. The molecular weight excluding hydrogens is 192 g/mol. The average molecular weight is 197 g/mol. The molecule has 0 bridgehead atoms. The van der Waals surface area contributed by atoms with E-state index in [1.165, 1.54) is 0 Å². The lowest BCUT2D eigenvalue weighted by Gasteiger charge is -1.99. The molecule has 1 aromatic carbocycles. The van der Waals surface area contributed by atoms with E-state index in [-0.39, 0.29) is 10.8 Å². The van der Waals surface area contributed by atoms with E-state index in [0.29, 0.717) is 11.0 Å². The first kappa shape index (κ1) is 8.13. The summed E-state index contributed by atoms with van der Waals surface area (Å²) in [7, 11) is 0. The van der Waals surface area contributed by atoms with Crippen molar-refractivity contribution in [3.63, 3.8) is 0 Å². The Kier molecular flexibility index (Phi) is 1.74. The second-order valence-corrected chi connectivity index (χ2v) is 2.93. The fourth-order valence-electron chi connectivity index (χ4n) is 1.11. The highest BCUT2D eigenvalue weighted by Crippen LogP contribution is 2.28. The van der Waals surface area contributed by atoms with Crippen molar-refractivity contribution in [2.75, 3.05) is 0 Å². The van der Waals surface area contributed by atoms with Crippen molar-refractivity contribution < 1.29 is 9.52 Å². The van der Waals surface area contributed by atoms with Gasteiger partial charge < -0.3 is 9.52 Å². The Morgan fingerprint density at radius 1 is 1.31 bits per heavy atom. The number of rotatable bonds is 0. The highest BCUT2D eigenvalue weighted by atomic mass is 35.5. The monoisotopic (exact) mass is 196 g/mol. The van der Waals surface area contributed by atoms with E-state index in [1.54, 1.807) is 24.3 Å². The zero-order valence-corrected chi connectivity index (χ0v) is 7.21. The Balaban J connectivity index is 3.02. The summed E-state index contributed by atoms with van der Waals surface area (Å²) >= 11 is 5.50. The highest BCUT2D eigenvalue weighted by Gasteiger charge is 2.10. The van der Waals surface area contributed by atoms with Crippen LogP contribution in [0.5, 0.6) is 5.75 Å². The summed E-state index contributed by atoms with van der Waals surface area (Å²) in [5.41, 5.74) is -0.396. The van der Waals surface area contributed by atoms with Crippen molar-refractivity contribution in [3.8, 4) is 5.75 Å². The van der Waals surface area contributed by atoms with Gasteiger partial charge in [0.05, 0.1) is 5.39 Å². The van der Waals surface area contributed by atoms with Crippen LogP contribution in [0.3, 0.4) is 0 Å². The second kappa shape index (κ2) is 2.78. The van der Waals surface area contributed by atoms with Crippen LogP contribution in [0.4, 0.5) is 0 Å². The van der Waals surface area contributed by atoms with Gasteiger partial charge in [-0.05, 0) is 12.1 Å². The Bertz CT molecular complexity index is 516. The minimum absolute atomic E-state index is 0.228. The van der Waals surface area contributed by atoms with Gasteiger partial charge in [0.25, 0.3) is 0 Å². The van der Waals surface area contributed by atoms with Crippen LogP contribution in [0.2, 0.25) is 5.02 Å². The minimum atomic E-state index is -0.724. The highest BCUT2D eigenvalue weighted by molar-refractivity contribution is 6.32. The molecule has 0 saturated carbocycles. The summed E-state index contributed by atoms with van der Waals surface area (Å²) in [5, 5.41) is 9.61. The average Bonchev–Trinajstić information content (AvgIpc) is 2.15. The lowest BCUT2D eigenvalue weighted by Crippen LogP contribution is -1.98. The lowest BCUT2D eigenvalue weighted by molar-refractivity contribution is 0.468. The molecule has 13 heavy (non-hydrogen) atoms. The molecule has 0 fully saturated rings. The topological polar surface area (TPSA) is 50.4 Å². The summed E-state index contributed by atoms with van der Waals surface area (Å²) < 4.78 is 4.83. The van der Waals surface area contributed by atoms with Crippen molar-refractivity contribution in [2.45, 2.75) is 0 Å². The maximum Gasteiger partial charge on any atom is 0.359 e. The molecule has 1 N–H and O–H groups in total. The van der Waals surface area contributed by atoms with E-state index in [1.807, 2.05) is 0 Å². The van der Waals surface area contributed by atoms with E-state index in [9.17, 15) is 9.90 Å². The Morgan fingerprint density at radius 3 is 2.77 bits per heavy atom. The first-order valence-corrected chi connectivity index (χ1v) is 3.98. The van der Waals surface area contributed by atoms with Crippen LogP contribution in [0.15, 0.2) is 33.5 Å². The van der Waals surface area contributed by atoms with Crippen molar-refractivity contribution >= 4 is 22.6 Å². The standard InChI is InChI=1S/C9H5ClO3/c10-7-8(11)5-3-1-2-4-6(5)13-9(7)12/h1-4,11H. The molecule has 3 nitrogen and oxygen atoms in total. The van der Waals surface area contributed by atoms with Crippen molar-refractivity contribution in [3.05, 3.63) is 39.7 Å². The van der Waals surface area contributed by atoms with Gasteiger partial charge in [0, 0.05) is 0 Å². The quantitative estimate of drug-likeness (QED) is 0.657. The van der Waals surface area contributed by atoms with Crippen LogP contribution < -0.4 is 5.63 Å². The van der Waals surface area contributed by atoms with Gasteiger partial charge in [-0.2, -0.15) is 0 Å². The summed E-state index contributed by atoms with van der Waals surface area (Å²) in [5.74, 6) is -0.228. The Morgan fingerprint density at radius 2 is 2.00 bits per heavy atom. The molecule has 0 saturated heterocycles. The lowest BCUT2D eigenvalue weighted by atomic mass is 10.2. The maximum absolute atomic E-state index is 11.0. The predicted octanol–water partition coefficient (Wildman–Crippen LogP) is 2.15. The molecule has 1 aromatic heterocycles. The largest absolute Gasteiger partial charge is 0.505 e. The normalized spacial score (nSPS) is 10.5. The summed E-state index contributed by atoms with van der Waals surface area (Å²) in [6, 6.07) is 6.64. The molecule has 66 valence electrons. The summed E-state index contributed by atoms with van der Waals surface area (Å²) in [6.07, 6.45) is 0. The number of para-hydroxylation sites is 1. The Hall–Kier alpha value is -1.48. The van der Waals surface area contributed by atoms with E-state index < -0.39 is 5.63 Å². The number of halogens is 1. The number of aromatic hydroxyl groups is 1. The molecule has 1 heterocycles. The zero-order valence-electron chi connectivity index (χ0n) is 6.45. The van der Waals surface area contributed by atoms with Crippen LogP contribution in [0, 0.1) is 0 Å². The van der Waals surface area contributed by atoms with Gasteiger partial charge in [-0.25, -0.2) is 4.79 Å². The zero-order chi connectivity index (χ0) is 9.42. The van der Waals surface area contributed by atoms with E-state index in [4.69, 9.17) is 16.0 Å². The Labute approximate surface area is 78.2 Å². The van der Waals surface area contributed by atoms with E-state index >= 15 is 0 Å². The van der Waals surface area contributed by atoms with Gasteiger partial charge in [-0.1, -0.05) is 23.7 Å². The number of fused-ring (bicyclic) bond motifs is 1. The molecule has 0 amide bonds.